The molecule has 188 valence electrons. The molecule has 35 heavy (non-hydrogen) atoms. The second-order valence-corrected chi connectivity index (χ2v) is 8.27. The van der Waals surface area contributed by atoms with Gasteiger partial charge >= 0.3 is 0 Å². The summed E-state index contributed by atoms with van der Waals surface area (Å²) in [6.07, 6.45) is 1.91. The number of hydrogen-bond donors (Lipinski definition) is 3. The Bertz CT molecular complexity index is 1080. The molecular formula is C26H33N3O6. The van der Waals surface area contributed by atoms with Crippen molar-refractivity contribution >= 4 is 23.4 Å². The molecule has 5 N–H and O–H groups in total. The van der Waals surface area contributed by atoms with Crippen molar-refractivity contribution in [1.82, 2.24) is 5.32 Å². The van der Waals surface area contributed by atoms with Gasteiger partial charge in [0, 0.05) is 12.8 Å². The van der Waals surface area contributed by atoms with Crippen molar-refractivity contribution in [3.05, 3.63) is 58.7 Å². The zero-order valence-corrected chi connectivity index (χ0v) is 20.4. The van der Waals surface area contributed by atoms with Crippen molar-refractivity contribution in [3.63, 3.8) is 0 Å². The molecule has 0 saturated carbocycles. The van der Waals surface area contributed by atoms with Crippen LogP contribution in [-0.2, 0) is 22.4 Å². The van der Waals surface area contributed by atoms with Gasteiger partial charge in [-0.1, -0.05) is 12.1 Å². The number of benzene rings is 2. The Kier molecular flexibility index (Phi) is 10.4. The normalized spacial score (nSPS) is 11.4. The molecule has 1 atom stereocenters. The van der Waals surface area contributed by atoms with E-state index < -0.39 is 17.9 Å². The molecule has 0 unspecified atom stereocenters. The maximum absolute atomic E-state index is 13.2. The number of unbranched alkanes of at least 4 members (excludes halogenated alkanes) is 1. The fourth-order valence-corrected chi connectivity index (χ4v) is 3.75. The third-order valence-electron chi connectivity index (χ3n) is 5.51. The molecule has 2 amide bonds. The molecule has 2 aromatic carbocycles. The maximum Gasteiger partial charge on any atom is 0.255 e. The van der Waals surface area contributed by atoms with Crippen LogP contribution in [0.3, 0.4) is 0 Å². The number of primary amides is 1. The summed E-state index contributed by atoms with van der Waals surface area (Å²) < 4.78 is 10.5. The molecule has 0 aliphatic carbocycles. The topological polar surface area (TPSA) is 151 Å². The van der Waals surface area contributed by atoms with Gasteiger partial charge in [-0.25, -0.2) is 0 Å². The number of Topliss-reactive ketones (excluding diaryl/α,β-unsaturated/α-hetero) is 2. The SMILES string of the molecule is COc1ccc(CC(=O)[C@H](CCCCN)NC(=O)c2cc(CC(C)=O)ccc2OC)cc1C(N)=O. The van der Waals surface area contributed by atoms with Crippen molar-refractivity contribution in [2.45, 2.75) is 45.1 Å². The summed E-state index contributed by atoms with van der Waals surface area (Å²) in [5.41, 5.74) is 12.7. The second kappa shape index (κ2) is 13.2. The summed E-state index contributed by atoms with van der Waals surface area (Å²) in [7, 11) is 2.87. The first kappa shape index (κ1) is 27.5. The summed E-state index contributed by atoms with van der Waals surface area (Å²) in [5.74, 6) is -0.753. The van der Waals surface area contributed by atoms with E-state index in [1.165, 1.54) is 27.2 Å². The molecule has 0 bridgehead atoms. The van der Waals surface area contributed by atoms with E-state index in [-0.39, 0.29) is 35.5 Å². The van der Waals surface area contributed by atoms with E-state index in [1.807, 2.05) is 0 Å². The van der Waals surface area contributed by atoms with Crippen LogP contribution in [0.2, 0.25) is 0 Å². The highest BCUT2D eigenvalue weighted by Gasteiger charge is 2.24. The lowest BCUT2D eigenvalue weighted by Crippen LogP contribution is -2.42. The first-order valence-corrected chi connectivity index (χ1v) is 11.4. The van der Waals surface area contributed by atoms with E-state index in [1.54, 1.807) is 30.3 Å². The summed E-state index contributed by atoms with van der Waals surface area (Å²) in [5, 5.41) is 2.82. The number of nitrogens with two attached hydrogens (primary N) is 2. The molecule has 0 aromatic heterocycles. The molecule has 9 heteroatoms. The average Bonchev–Trinajstić information content (AvgIpc) is 2.82. The Morgan fingerprint density at radius 1 is 0.886 bits per heavy atom. The molecular weight excluding hydrogens is 450 g/mol. The largest absolute Gasteiger partial charge is 0.496 e. The van der Waals surface area contributed by atoms with Crippen LogP contribution in [0.15, 0.2) is 36.4 Å². The van der Waals surface area contributed by atoms with E-state index in [9.17, 15) is 19.2 Å². The third-order valence-corrected chi connectivity index (χ3v) is 5.51. The predicted octanol–water partition coefficient (Wildman–Crippen LogP) is 1.97. The standard InChI is InChI=1S/C26H33N3O6/c1-16(30)12-17-7-10-24(35-3)20(14-17)26(33)29-21(6-4-5-11-27)22(31)15-18-8-9-23(34-2)19(13-18)25(28)32/h7-10,13-14,21H,4-6,11-12,15,27H2,1-3H3,(H2,28,32)(H,29,33)/t21-/m0/s1. The zero-order valence-electron chi connectivity index (χ0n) is 20.4. The molecule has 0 aliphatic heterocycles. The van der Waals surface area contributed by atoms with Crippen LogP contribution in [0, 0.1) is 0 Å². The fourth-order valence-electron chi connectivity index (χ4n) is 3.75. The van der Waals surface area contributed by atoms with Crippen LogP contribution in [0.4, 0.5) is 0 Å². The Hall–Kier alpha value is -3.72. The van der Waals surface area contributed by atoms with Crippen molar-refractivity contribution in [2.75, 3.05) is 20.8 Å². The van der Waals surface area contributed by atoms with E-state index in [4.69, 9.17) is 20.9 Å². The highest BCUT2D eigenvalue weighted by molar-refractivity contribution is 6.01. The van der Waals surface area contributed by atoms with Crippen LogP contribution >= 0.6 is 0 Å². The number of carbonyl (C=O) groups is 4. The van der Waals surface area contributed by atoms with E-state index in [0.29, 0.717) is 48.4 Å². The van der Waals surface area contributed by atoms with Gasteiger partial charge in [0.15, 0.2) is 5.78 Å². The van der Waals surface area contributed by atoms with Gasteiger partial charge in [-0.15, -0.1) is 0 Å². The average molecular weight is 484 g/mol. The van der Waals surface area contributed by atoms with Crippen LogP contribution in [0.1, 0.15) is 58.0 Å². The number of rotatable bonds is 14. The smallest absolute Gasteiger partial charge is 0.255 e. The number of ketones is 2. The lowest BCUT2D eigenvalue weighted by atomic mass is 9.97. The number of nitrogens with one attached hydrogen (secondary N) is 1. The molecule has 2 aromatic rings. The lowest BCUT2D eigenvalue weighted by Gasteiger charge is -2.19. The van der Waals surface area contributed by atoms with E-state index >= 15 is 0 Å². The lowest BCUT2D eigenvalue weighted by molar-refractivity contribution is -0.120. The molecule has 0 saturated heterocycles. The molecule has 9 nitrogen and oxygen atoms in total. The Labute approximate surface area is 205 Å². The first-order chi connectivity index (χ1) is 16.7. The van der Waals surface area contributed by atoms with Crippen LogP contribution in [0.25, 0.3) is 0 Å². The fraction of sp³-hybridized carbons (Fsp3) is 0.385. The van der Waals surface area contributed by atoms with Crippen LogP contribution in [0.5, 0.6) is 11.5 Å². The first-order valence-electron chi connectivity index (χ1n) is 11.4. The summed E-state index contributed by atoms with van der Waals surface area (Å²) in [6, 6.07) is 8.94. The van der Waals surface area contributed by atoms with Gasteiger partial charge in [-0.3, -0.25) is 19.2 Å². The van der Waals surface area contributed by atoms with Gasteiger partial charge in [-0.2, -0.15) is 0 Å². The van der Waals surface area contributed by atoms with E-state index in [2.05, 4.69) is 5.32 Å². The number of methoxy groups -OCH3 is 2. The summed E-state index contributed by atoms with van der Waals surface area (Å²) in [4.78, 5) is 49.6. The van der Waals surface area contributed by atoms with Crippen LogP contribution < -0.4 is 26.3 Å². The third kappa shape index (κ3) is 7.92. The monoisotopic (exact) mass is 483 g/mol. The van der Waals surface area contributed by atoms with Crippen molar-refractivity contribution in [3.8, 4) is 11.5 Å². The second-order valence-electron chi connectivity index (χ2n) is 8.27. The van der Waals surface area contributed by atoms with Gasteiger partial charge in [0.1, 0.15) is 17.3 Å². The molecule has 0 heterocycles. The van der Waals surface area contributed by atoms with Crippen LogP contribution in [-0.4, -0.2) is 50.2 Å². The molecule has 0 aliphatic rings. The molecule has 2 rings (SSSR count). The zero-order chi connectivity index (χ0) is 26.0. The van der Waals surface area contributed by atoms with Crippen molar-refractivity contribution in [1.29, 1.82) is 0 Å². The maximum atomic E-state index is 13.2. The van der Waals surface area contributed by atoms with Crippen molar-refractivity contribution < 1.29 is 28.7 Å². The Morgan fingerprint density at radius 3 is 2.00 bits per heavy atom. The van der Waals surface area contributed by atoms with Gasteiger partial charge in [-0.05, 0) is 68.1 Å². The number of ether oxygens (including phenoxy) is 2. The molecule has 0 radical (unpaired) electrons. The molecule has 0 fully saturated rings. The minimum atomic E-state index is -0.783. The van der Waals surface area contributed by atoms with Gasteiger partial charge in [0.05, 0.1) is 31.4 Å². The van der Waals surface area contributed by atoms with E-state index in [0.717, 1.165) is 0 Å². The van der Waals surface area contributed by atoms with Crippen molar-refractivity contribution in [2.24, 2.45) is 11.5 Å². The Balaban J connectivity index is 2.28. The number of hydrogen-bond acceptors (Lipinski definition) is 7. The highest BCUT2D eigenvalue weighted by Crippen LogP contribution is 2.22. The van der Waals surface area contributed by atoms with Gasteiger partial charge < -0.3 is 26.3 Å². The highest BCUT2D eigenvalue weighted by atomic mass is 16.5. The predicted molar refractivity (Wildman–Crippen MR) is 132 cm³/mol. The number of carbonyl (C=O) groups excluding carboxylic acids is 4. The minimum absolute atomic E-state index is 0.0145. The Morgan fingerprint density at radius 2 is 1.46 bits per heavy atom. The quantitative estimate of drug-likeness (QED) is 0.348. The minimum Gasteiger partial charge on any atom is -0.496 e. The summed E-state index contributed by atoms with van der Waals surface area (Å²) in [6.45, 7) is 1.94. The van der Waals surface area contributed by atoms with Gasteiger partial charge in [0.2, 0.25) is 0 Å². The summed E-state index contributed by atoms with van der Waals surface area (Å²) >= 11 is 0. The number of amides is 2. The van der Waals surface area contributed by atoms with Gasteiger partial charge in [0.25, 0.3) is 11.8 Å². The molecule has 0 spiro atoms.